The Morgan fingerprint density at radius 2 is 1.95 bits per heavy atom. The Morgan fingerprint density at radius 3 is 2.67 bits per heavy atom. The molecule has 112 valence electrons. The summed E-state index contributed by atoms with van der Waals surface area (Å²) in [5.41, 5.74) is 8.58. The predicted molar refractivity (Wildman–Crippen MR) is 85.6 cm³/mol. The minimum absolute atomic E-state index is 0.608. The third-order valence-electron chi connectivity index (χ3n) is 2.96. The summed E-state index contributed by atoms with van der Waals surface area (Å²) in [6, 6.07) is 9.74. The Hall–Kier alpha value is -2.30. The number of nitrogens with two attached hydrogens (primary N) is 1. The van der Waals surface area contributed by atoms with Gasteiger partial charge in [0.25, 0.3) is 0 Å². The van der Waals surface area contributed by atoms with Gasteiger partial charge in [0.05, 0.1) is 6.61 Å². The van der Waals surface area contributed by atoms with E-state index in [4.69, 9.17) is 10.5 Å². The highest BCUT2D eigenvalue weighted by molar-refractivity contribution is 5.39. The van der Waals surface area contributed by atoms with Crippen molar-refractivity contribution >= 4 is 11.6 Å². The number of nitrogen functional groups attached to an aromatic ring is 1. The maximum absolute atomic E-state index is 5.67. The lowest BCUT2D eigenvalue weighted by atomic mass is 10.1. The van der Waals surface area contributed by atoms with Crippen LogP contribution in [0.25, 0.3) is 0 Å². The molecule has 2 rings (SSSR count). The first kappa shape index (κ1) is 15.1. The van der Waals surface area contributed by atoms with Crippen LogP contribution in [0, 0.1) is 6.92 Å². The highest BCUT2D eigenvalue weighted by Crippen LogP contribution is 2.12. The van der Waals surface area contributed by atoms with Crippen molar-refractivity contribution in [2.75, 3.05) is 24.2 Å². The number of anilines is 2. The highest BCUT2D eigenvalue weighted by Gasteiger charge is 2.03. The molecule has 5 heteroatoms. The molecule has 0 spiro atoms. The van der Waals surface area contributed by atoms with Gasteiger partial charge in [-0.05, 0) is 37.5 Å². The van der Waals surface area contributed by atoms with Crippen LogP contribution in [0.1, 0.15) is 24.6 Å². The zero-order chi connectivity index (χ0) is 15.1. The molecule has 0 aliphatic rings. The van der Waals surface area contributed by atoms with Crippen LogP contribution in [0.4, 0.5) is 11.6 Å². The van der Waals surface area contributed by atoms with E-state index in [1.165, 1.54) is 5.56 Å². The zero-order valence-corrected chi connectivity index (χ0v) is 12.6. The van der Waals surface area contributed by atoms with Crippen LogP contribution in [0.15, 0.2) is 30.3 Å². The van der Waals surface area contributed by atoms with Gasteiger partial charge < -0.3 is 15.8 Å². The van der Waals surface area contributed by atoms with E-state index in [1.807, 2.05) is 37.3 Å². The summed E-state index contributed by atoms with van der Waals surface area (Å²) >= 11 is 0. The Kier molecular flexibility index (Phi) is 5.37. The lowest BCUT2D eigenvalue weighted by Gasteiger charge is -2.09. The number of ether oxygens (including phenoxy) is 1. The van der Waals surface area contributed by atoms with Crippen LogP contribution in [-0.4, -0.2) is 23.1 Å². The van der Waals surface area contributed by atoms with E-state index < -0.39 is 0 Å². The number of hydrogen-bond acceptors (Lipinski definition) is 5. The van der Waals surface area contributed by atoms with E-state index in [0.717, 1.165) is 30.8 Å². The zero-order valence-electron chi connectivity index (χ0n) is 12.6. The third kappa shape index (κ3) is 4.95. The van der Waals surface area contributed by atoms with Gasteiger partial charge in [0.2, 0.25) is 11.8 Å². The first-order chi connectivity index (χ1) is 10.2. The van der Waals surface area contributed by atoms with Crippen molar-refractivity contribution in [2.45, 2.75) is 26.7 Å². The fourth-order valence-corrected chi connectivity index (χ4v) is 1.90. The van der Waals surface area contributed by atoms with Gasteiger partial charge in [0.1, 0.15) is 0 Å². The van der Waals surface area contributed by atoms with E-state index >= 15 is 0 Å². The van der Waals surface area contributed by atoms with E-state index in [1.54, 1.807) is 0 Å². The smallest absolute Gasteiger partial charge is 0.226 e. The van der Waals surface area contributed by atoms with Gasteiger partial charge in [-0.15, -0.1) is 0 Å². The van der Waals surface area contributed by atoms with Crippen molar-refractivity contribution in [1.82, 2.24) is 9.97 Å². The summed E-state index contributed by atoms with van der Waals surface area (Å²) in [4.78, 5) is 8.72. The second kappa shape index (κ2) is 7.47. The number of aromatic nitrogens is 2. The lowest BCUT2D eigenvalue weighted by molar-refractivity contribution is 0.305. The number of hydrogen-bond donors (Lipinski definition) is 2. The van der Waals surface area contributed by atoms with Crippen molar-refractivity contribution < 1.29 is 4.74 Å². The summed E-state index contributed by atoms with van der Waals surface area (Å²) in [7, 11) is 0. The van der Waals surface area contributed by atoms with Crippen LogP contribution >= 0.6 is 0 Å². The minimum atomic E-state index is 0.608. The molecule has 0 aliphatic heterocycles. The van der Waals surface area contributed by atoms with Gasteiger partial charge in [-0.1, -0.05) is 19.1 Å². The summed E-state index contributed by atoms with van der Waals surface area (Å²) < 4.78 is 5.55. The quantitative estimate of drug-likeness (QED) is 0.766. The molecule has 0 unspecified atom stereocenters. The Labute approximate surface area is 125 Å². The standard InChI is InChI=1S/C16H22N4O/c1-3-10-21-15-11-12(2)19-16(20-15)18-9-8-13-4-6-14(17)7-5-13/h4-7,11H,3,8-10,17H2,1-2H3,(H,18,19,20). The van der Waals surface area contributed by atoms with Crippen LogP contribution in [-0.2, 0) is 6.42 Å². The van der Waals surface area contributed by atoms with Crippen molar-refractivity contribution in [3.8, 4) is 5.88 Å². The molecule has 0 saturated heterocycles. The van der Waals surface area contributed by atoms with Gasteiger partial charge >= 0.3 is 0 Å². The number of benzene rings is 1. The normalized spacial score (nSPS) is 10.4. The fourth-order valence-electron chi connectivity index (χ4n) is 1.90. The van der Waals surface area contributed by atoms with E-state index in [9.17, 15) is 0 Å². The van der Waals surface area contributed by atoms with Gasteiger partial charge in [0, 0.05) is 24.0 Å². The molecule has 3 N–H and O–H groups in total. The second-order valence-electron chi connectivity index (χ2n) is 4.94. The maximum Gasteiger partial charge on any atom is 0.226 e. The predicted octanol–water partition coefficient (Wildman–Crippen LogP) is 2.81. The van der Waals surface area contributed by atoms with Crippen LogP contribution in [0.2, 0.25) is 0 Å². The summed E-state index contributed by atoms with van der Waals surface area (Å²) in [6.07, 6.45) is 1.85. The largest absolute Gasteiger partial charge is 0.478 e. The first-order valence-electron chi connectivity index (χ1n) is 7.24. The number of aryl methyl sites for hydroxylation is 1. The number of rotatable bonds is 7. The van der Waals surface area contributed by atoms with Crippen LogP contribution < -0.4 is 15.8 Å². The van der Waals surface area contributed by atoms with E-state index in [2.05, 4.69) is 22.2 Å². The van der Waals surface area contributed by atoms with Gasteiger partial charge in [-0.25, -0.2) is 4.98 Å². The average Bonchev–Trinajstić information content (AvgIpc) is 2.47. The van der Waals surface area contributed by atoms with Crippen LogP contribution in [0.5, 0.6) is 5.88 Å². The minimum Gasteiger partial charge on any atom is -0.478 e. The first-order valence-corrected chi connectivity index (χ1v) is 7.24. The molecule has 0 bridgehead atoms. The fraction of sp³-hybridized carbons (Fsp3) is 0.375. The average molecular weight is 286 g/mol. The second-order valence-corrected chi connectivity index (χ2v) is 4.94. The lowest BCUT2D eigenvalue weighted by Crippen LogP contribution is -2.09. The monoisotopic (exact) mass is 286 g/mol. The highest BCUT2D eigenvalue weighted by atomic mass is 16.5. The Morgan fingerprint density at radius 1 is 1.19 bits per heavy atom. The van der Waals surface area contributed by atoms with Crippen LogP contribution in [0.3, 0.4) is 0 Å². The van der Waals surface area contributed by atoms with E-state index in [-0.39, 0.29) is 0 Å². The molecule has 0 saturated carbocycles. The Bertz CT molecular complexity index is 569. The number of nitrogens with one attached hydrogen (secondary N) is 1. The molecule has 1 aromatic carbocycles. The number of nitrogens with zero attached hydrogens (tertiary/aromatic N) is 2. The van der Waals surface area contributed by atoms with Crippen molar-refractivity contribution in [3.05, 3.63) is 41.6 Å². The van der Waals surface area contributed by atoms with Crippen molar-refractivity contribution in [3.63, 3.8) is 0 Å². The van der Waals surface area contributed by atoms with Crippen molar-refractivity contribution in [1.29, 1.82) is 0 Å². The van der Waals surface area contributed by atoms with Gasteiger partial charge in [-0.2, -0.15) is 4.98 Å². The summed E-state index contributed by atoms with van der Waals surface area (Å²) in [5, 5.41) is 3.23. The van der Waals surface area contributed by atoms with E-state index in [0.29, 0.717) is 18.4 Å². The molecule has 5 nitrogen and oxygen atoms in total. The molecule has 0 radical (unpaired) electrons. The molecule has 21 heavy (non-hydrogen) atoms. The van der Waals surface area contributed by atoms with Gasteiger partial charge in [0.15, 0.2) is 0 Å². The topological polar surface area (TPSA) is 73.1 Å². The molecule has 1 heterocycles. The summed E-state index contributed by atoms with van der Waals surface area (Å²) in [5.74, 6) is 1.23. The third-order valence-corrected chi connectivity index (χ3v) is 2.96. The molecule has 2 aromatic rings. The molecule has 0 atom stereocenters. The SMILES string of the molecule is CCCOc1cc(C)nc(NCCc2ccc(N)cc2)n1. The van der Waals surface area contributed by atoms with Crippen molar-refractivity contribution in [2.24, 2.45) is 0 Å². The Balaban J connectivity index is 1.90. The molecule has 1 aromatic heterocycles. The maximum atomic E-state index is 5.67. The molecule has 0 fully saturated rings. The molecule has 0 aliphatic carbocycles. The van der Waals surface area contributed by atoms with Gasteiger partial charge in [-0.3, -0.25) is 0 Å². The molecular formula is C16H22N4O. The molecule has 0 amide bonds. The molecular weight excluding hydrogens is 264 g/mol. The summed E-state index contributed by atoms with van der Waals surface area (Å²) in [6.45, 7) is 5.44.